The highest BCUT2D eigenvalue weighted by molar-refractivity contribution is 6.29. The van der Waals surface area contributed by atoms with Crippen molar-refractivity contribution in [2.24, 2.45) is 5.10 Å². The quantitative estimate of drug-likeness (QED) is 0.577. The van der Waals surface area contributed by atoms with E-state index in [0.29, 0.717) is 11.0 Å². The Balaban J connectivity index is 2.53. The third-order valence-electron chi connectivity index (χ3n) is 1.08. The zero-order valence-corrected chi connectivity index (χ0v) is 7.41. The van der Waals surface area contributed by atoms with E-state index in [1.807, 2.05) is 6.92 Å². The average molecular weight is 185 g/mol. The summed E-state index contributed by atoms with van der Waals surface area (Å²) in [5.41, 5.74) is 2.71. The zero-order chi connectivity index (χ0) is 8.81. The molecule has 64 valence electrons. The van der Waals surface area contributed by atoms with E-state index < -0.39 is 0 Å². The van der Waals surface area contributed by atoms with Crippen molar-refractivity contribution >= 4 is 23.6 Å². The van der Waals surface area contributed by atoms with Crippen LogP contribution >= 0.6 is 11.6 Å². The molecule has 0 amide bonds. The lowest BCUT2D eigenvalue weighted by atomic mass is 10.5. The number of halogens is 1. The minimum atomic E-state index is 0.375. The Morgan fingerprint density at radius 3 is 3.00 bits per heavy atom. The van der Waals surface area contributed by atoms with Crippen LogP contribution in [0.4, 0.5) is 5.82 Å². The predicted molar refractivity (Wildman–Crippen MR) is 49.4 cm³/mol. The Bertz CT molecular complexity index is 257. The number of hydrogen-bond acceptors (Lipinski definition) is 4. The molecule has 0 unspecified atom stereocenters. The Labute approximate surface area is 75.7 Å². The highest BCUT2D eigenvalue weighted by Gasteiger charge is 1.91. The number of hydrazone groups is 1. The molecular formula is C7H9ClN4. The highest BCUT2D eigenvalue weighted by Crippen LogP contribution is 2.05. The van der Waals surface area contributed by atoms with Gasteiger partial charge in [-0.05, 0) is 18.6 Å². The van der Waals surface area contributed by atoms with Gasteiger partial charge in [-0.2, -0.15) is 5.10 Å². The molecule has 0 aliphatic carbocycles. The van der Waals surface area contributed by atoms with E-state index >= 15 is 0 Å². The first-order chi connectivity index (χ1) is 5.83. The van der Waals surface area contributed by atoms with E-state index in [9.17, 15) is 0 Å². The molecule has 5 heteroatoms. The minimum absolute atomic E-state index is 0.375. The maximum absolute atomic E-state index is 5.53. The van der Waals surface area contributed by atoms with Crippen molar-refractivity contribution in [3.63, 3.8) is 0 Å². The molecule has 0 radical (unpaired) electrons. The molecule has 1 aromatic rings. The molecule has 1 rings (SSSR count). The van der Waals surface area contributed by atoms with Crippen LogP contribution in [-0.2, 0) is 0 Å². The first-order valence-corrected chi connectivity index (χ1v) is 3.97. The second-order valence-electron chi connectivity index (χ2n) is 2.07. The zero-order valence-electron chi connectivity index (χ0n) is 6.66. The lowest BCUT2D eigenvalue weighted by Crippen LogP contribution is -1.93. The second kappa shape index (κ2) is 4.66. The maximum atomic E-state index is 5.53. The summed E-state index contributed by atoms with van der Waals surface area (Å²) in [5.74, 6) is 0.587. The Morgan fingerprint density at radius 1 is 1.58 bits per heavy atom. The molecule has 0 saturated carbocycles. The Hall–Kier alpha value is -1.16. The SMILES string of the molecule is CCC=NNc1ccc(Cl)nn1. The summed E-state index contributed by atoms with van der Waals surface area (Å²) >= 11 is 5.53. The first-order valence-electron chi connectivity index (χ1n) is 3.59. The largest absolute Gasteiger partial charge is 0.260 e. The Kier molecular flexibility index (Phi) is 3.47. The molecule has 0 aliphatic rings. The summed E-state index contributed by atoms with van der Waals surface area (Å²) in [4.78, 5) is 0. The first kappa shape index (κ1) is 8.93. The molecule has 0 bridgehead atoms. The summed E-state index contributed by atoms with van der Waals surface area (Å²) in [7, 11) is 0. The van der Waals surface area contributed by atoms with Crippen molar-refractivity contribution in [2.75, 3.05) is 5.43 Å². The van der Waals surface area contributed by atoms with Crippen molar-refractivity contribution in [3.8, 4) is 0 Å². The molecule has 0 saturated heterocycles. The van der Waals surface area contributed by atoms with E-state index in [4.69, 9.17) is 11.6 Å². The summed E-state index contributed by atoms with van der Waals surface area (Å²) in [6.45, 7) is 2.00. The fraction of sp³-hybridized carbons (Fsp3) is 0.286. The number of hydrogen-bond donors (Lipinski definition) is 1. The normalized spacial score (nSPS) is 10.5. The fourth-order valence-electron chi connectivity index (χ4n) is 0.579. The molecule has 0 aromatic carbocycles. The van der Waals surface area contributed by atoms with Crippen molar-refractivity contribution in [1.29, 1.82) is 0 Å². The van der Waals surface area contributed by atoms with Crippen LogP contribution in [0.25, 0.3) is 0 Å². The van der Waals surface area contributed by atoms with Gasteiger partial charge < -0.3 is 0 Å². The lowest BCUT2D eigenvalue weighted by molar-refractivity contribution is 1.02. The monoisotopic (exact) mass is 184 g/mol. The molecule has 0 spiro atoms. The van der Waals surface area contributed by atoms with Gasteiger partial charge in [-0.1, -0.05) is 18.5 Å². The highest BCUT2D eigenvalue weighted by atomic mass is 35.5. The minimum Gasteiger partial charge on any atom is -0.260 e. The van der Waals surface area contributed by atoms with Crippen LogP contribution in [0.1, 0.15) is 13.3 Å². The van der Waals surface area contributed by atoms with E-state index in [1.54, 1.807) is 18.3 Å². The molecule has 1 N–H and O–H groups in total. The van der Waals surface area contributed by atoms with Crippen LogP contribution in [0, 0.1) is 0 Å². The van der Waals surface area contributed by atoms with Crippen molar-refractivity contribution in [2.45, 2.75) is 13.3 Å². The average Bonchev–Trinajstić information content (AvgIpc) is 2.09. The maximum Gasteiger partial charge on any atom is 0.168 e. The summed E-state index contributed by atoms with van der Waals surface area (Å²) in [6.07, 6.45) is 2.63. The smallest absolute Gasteiger partial charge is 0.168 e. The number of anilines is 1. The summed E-state index contributed by atoms with van der Waals surface area (Å²) in [6, 6.07) is 3.36. The van der Waals surface area contributed by atoms with Gasteiger partial charge in [-0.25, -0.2) is 0 Å². The van der Waals surface area contributed by atoms with Gasteiger partial charge in [0.1, 0.15) is 0 Å². The van der Waals surface area contributed by atoms with Crippen LogP contribution in [0.15, 0.2) is 17.2 Å². The van der Waals surface area contributed by atoms with Gasteiger partial charge in [0.25, 0.3) is 0 Å². The third kappa shape index (κ3) is 2.84. The lowest BCUT2D eigenvalue weighted by Gasteiger charge is -1.95. The van der Waals surface area contributed by atoms with Crippen molar-refractivity contribution in [3.05, 3.63) is 17.3 Å². The van der Waals surface area contributed by atoms with Gasteiger partial charge >= 0.3 is 0 Å². The standard InChI is InChI=1S/C7H9ClN4/c1-2-5-9-11-7-4-3-6(8)10-12-7/h3-5H,2H2,1H3,(H,11,12). The van der Waals surface area contributed by atoms with Crippen molar-refractivity contribution in [1.82, 2.24) is 10.2 Å². The van der Waals surface area contributed by atoms with Crippen LogP contribution < -0.4 is 5.43 Å². The molecule has 1 heterocycles. The topological polar surface area (TPSA) is 50.2 Å². The molecule has 4 nitrogen and oxygen atoms in total. The van der Waals surface area contributed by atoms with Crippen LogP contribution in [0.2, 0.25) is 5.15 Å². The van der Waals surface area contributed by atoms with Crippen LogP contribution in [-0.4, -0.2) is 16.4 Å². The van der Waals surface area contributed by atoms with E-state index in [0.717, 1.165) is 6.42 Å². The summed E-state index contributed by atoms with van der Waals surface area (Å²) < 4.78 is 0. The number of nitrogens with zero attached hydrogens (tertiary/aromatic N) is 3. The molecule has 0 aliphatic heterocycles. The van der Waals surface area contributed by atoms with Gasteiger partial charge in [-0.3, -0.25) is 5.43 Å². The Morgan fingerprint density at radius 2 is 2.42 bits per heavy atom. The van der Waals surface area contributed by atoms with E-state index in [1.165, 1.54) is 0 Å². The van der Waals surface area contributed by atoms with E-state index in [2.05, 4.69) is 20.7 Å². The van der Waals surface area contributed by atoms with Gasteiger partial charge in [0, 0.05) is 6.21 Å². The number of aromatic nitrogens is 2. The van der Waals surface area contributed by atoms with Gasteiger partial charge in [0.15, 0.2) is 11.0 Å². The molecule has 1 aromatic heterocycles. The predicted octanol–water partition coefficient (Wildman–Crippen LogP) is 1.94. The number of rotatable bonds is 3. The summed E-state index contributed by atoms with van der Waals surface area (Å²) in [5, 5.41) is 11.6. The molecular weight excluding hydrogens is 176 g/mol. The van der Waals surface area contributed by atoms with E-state index in [-0.39, 0.29) is 0 Å². The van der Waals surface area contributed by atoms with Gasteiger partial charge in [-0.15, -0.1) is 10.2 Å². The number of nitrogens with one attached hydrogen (secondary N) is 1. The second-order valence-corrected chi connectivity index (χ2v) is 2.46. The van der Waals surface area contributed by atoms with Crippen LogP contribution in [0.3, 0.4) is 0 Å². The molecule has 12 heavy (non-hydrogen) atoms. The van der Waals surface area contributed by atoms with Gasteiger partial charge in [0.2, 0.25) is 0 Å². The van der Waals surface area contributed by atoms with Gasteiger partial charge in [0.05, 0.1) is 0 Å². The fourth-order valence-corrected chi connectivity index (χ4v) is 0.679. The molecule has 0 atom stereocenters. The third-order valence-corrected chi connectivity index (χ3v) is 1.29. The van der Waals surface area contributed by atoms with Crippen LogP contribution in [0.5, 0.6) is 0 Å². The van der Waals surface area contributed by atoms with Crippen molar-refractivity contribution < 1.29 is 0 Å². The molecule has 0 fully saturated rings.